The van der Waals surface area contributed by atoms with E-state index in [1.807, 2.05) is 0 Å². The Kier molecular flexibility index (Phi) is 5.80. The van der Waals surface area contributed by atoms with E-state index < -0.39 is 15.8 Å². The summed E-state index contributed by atoms with van der Waals surface area (Å²) >= 11 is 0. The molecule has 0 spiro atoms. The van der Waals surface area contributed by atoms with Crippen LogP contribution in [0.3, 0.4) is 0 Å². The summed E-state index contributed by atoms with van der Waals surface area (Å²) in [5.41, 5.74) is 0. The molecular formula is C14H24N2O5S. The topological polar surface area (TPSA) is 84.0 Å². The second-order valence-corrected chi connectivity index (χ2v) is 8.48. The molecular weight excluding hydrogens is 308 g/mol. The van der Waals surface area contributed by atoms with Gasteiger partial charge in [0.15, 0.2) is 16.4 Å². The molecule has 0 aromatic carbocycles. The van der Waals surface area contributed by atoms with Crippen molar-refractivity contribution in [2.24, 2.45) is 5.92 Å². The molecule has 0 radical (unpaired) electrons. The zero-order valence-electron chi connectivity index (χ0n) is 13.0. The Balaban J connectivity index is 1.68. The van der Waals surface area contributed by atoms with Gasteiger partial charge in [0.05, 0.1) is 18.1 Å². The van der Waals surface area contributed by atoms with Crippen molar-refractivity contribution in [2.45, 2.75) is 19.8 Å². The van der Waals surface area contributed by atoms with Gasteiger partial charge in [-0.25, -0.2) is 8.42 Å². The molecule has 0 aromatic rings. The monoisotopic (exact) mass is 332 g/mol. The van der Waals surface area contributed by atoms with Gasteiger partial charge in [-0.15, -0.1) is 0 Å². The van der Waals surface area contributed by atoms with Crippen molar-refractivity contribution >= 4 is 21.7 Å². The molecule has 0 N–H and O–H groups in total. The highest BCUT2D eigenvalue weighted by atomic mass is 32.2. The van der Waals surface area contributed by atoms with Crippen molar-refractivity contribution in [3.8, 4) is 0 Å². The van der Waals surface area contributed by atoms with Crippen LogP contribution in [0.2, 0.25) is 0 Å². The minimum Gasteiger partial charge on any atom is -0.455 e. The molecule has 2 saturated heterocycles. The van der Waals surface area contributed by atoms with Crippen LogP contribution in [0.1, 0.15) is 19.8 Å². The first-order chi connectivity index (χ1) is 10.4. The van der Waals surface area contributed by atoms with Gasteiger partial charge in [-0.05, 0) is 18.8 Å². The Bertz CT molecular complexity index is 505. The molecule has 1 amide bonds. The maximum absolute atomic E-state index is 12.0. The van der Waals surface area contributed by atoms with Crippen LogP contribution < -0.4 is 0 Å². The number of sulfone groups is 1. The van der Waals surface area contributed by atoms with Crippen LogP contribution in [-0.4, -0.2) is 80.9 Å². The van der Waals surface area contributed by atoms with Crippen molar-refractivity contribution in [3.05, 3.63) is 0 Å². The molecule has 7 nitrogen and oxygen atoms in total. The van der Waals surface area contributed by atoms with E-state index >= 15 is 0 Å². The van der Waals surface area contributed by atoms with Crippen molar-refractivity contribution in [2.75, 3.05) is 50.8 Å². The van der Waals surface area contributed by atoms with Gasteiger partial charge in [0, 0.05) is 26.2 Å². The lowest BCUT2D eigenvalue weighted by atomic mass is 10.0. The van der Waals surface area contributed by atoms with Crippen molar-refractivity contribution < 1.29 is 22.7 Å². The van der Waals surface area contributed by atoms with Gasteiger partial charge in [0.25, 0.3) is 5.91 Å². The molecule has 8 heteroatoms. The van der Waals surface area contributed by atoms with Crippen LogP contribution in [0.25, 0.3) is 0 Å². The Morgan fingerprint density at radius 1 is 1.18 bits per heavy atom. The van der Waals surface area contributed by atoms with Crippen molar-refractivity contribution in [1.82, 2.24) is 9.80 Å². The third-order valence-corrected chi connectivity index (χ3v) is 5.77. The zero-order valence-corrected chi connectivity index (χ0v) is 13.8. The van der Waals surface area contributed by atoms with Gasteiger partial charge in [-0.2, -0.15) is 0 Å². The lowest BCUT2D eigenvalue weighted by Crippen LogP contribution is -2.44. The Labute approximate surface area is 131 Å². The standard InChI is InChI=1S/C14H24N2O5S/c1-12-3-2-4-16(9-12)13(17)11-21-14(18)10-15-5-7-22(19,20)8-6-15/h12H,2-11H2,1H3. The Hall–Kier alpha value is -1.15. The first-order valence-electron chi connectivity index (χ1n) is 7.72. The maximum Gasteiger partial charge on any atom is 0.320 e. The molecule has 1 atom stereocenters. The number of hydrogen-bond acceptors (Lipinski definition) is 6. The quantitative estimate of drug-likeness (QED) is 0.647. The predicted molar refractivity (Wildman–Crippen MR) is 81.0 cm³/mol. The molecule has 0 aliphatic carbocycles. The summed E-state index contributed by atoms with van der Waals surface area (Å²) in [6.07, 6.45) is 2.12. The van der Waals surface area contributed by atoms with Crippen LogP contribution >= 0.6 is 0 Å². The minimum absolute atomic E-state index is 0.0409. The fraction of sp³-hybridized carbons (Fsp3) is 0.857. The molecule has 22 heavy (non-hydrogen) atoms. The molecule has 2 aliphatic heterocycles. The number of amides is 1. The number of esters is 1. The fourth-order valence-corrected chi connectivity index (χ4v) is 4.06. The van der Waals surface area contributed by atoms with Crippen molar-refractivity contribution in [1.29, 1.82) is 0 Å². The highest BCUT2D eigenvalue weighted by molar-refractivity contribution is 7.91. The summed E-state index contributed by atoms with van der Waals surface area (Å²) in [5, 5.41) is 0. The second kappa shape index (κ2) is 7.41. The van der Waals surface area contributed by atoms with E-state index in [0.29, 0.717) is 19.0 Å². The van der Waals surface area contributed by atoms with Gasteiger partial charge < -0.3 is 9.64 Å². The van der Waals surface area contributed by atoms with Crippen LogP contribution in [0, 0.1) is 5.92 Å². The van der Waals surface area contributed by atoms with Gasteiger partial charge in [0.1, 0.15) is 0 Å². The van der Waals surface area contributed by atoms with Gasteiger partial charge in [0.2, 0.25) is 0 Å². The number of carbonyl (C=O) groups excluding carboxylic acids is 2. The van der Waals surface area contributed by atoms with E-state index in [-0.39, 0.29) is 30.6 Å². The highest BCUT2D eigenvalue weighted by Crippen LogP contribution is 2.15. The molecule has 0 saturated carbocycles. The predicted octanol–water partition coefficient (Wildman–Crippen LogP) is -0.481. The first kappa shape index (κ1) is 17.2. The zero-order chi connectivity index (χ0) is 16.2. The molecule has 2 fully saturated rings. The summed E-state index contributed by atoms with van der Waals surface area (Å²) < 4.78 is 27.6. The SMILES string of the molecule is CC1CCCN(C(=O)COC(=O)CN2CCS(=O)(=O)CC2)C1. The van der Waals surface area contributed by atoms with E-state index in [2.05, 4.69) is 6.92 Å². The molecule has 2 aliphatic rings. The van der Waals surface area contributed by atoms with Crippen LogP contribution in [0.4, 0.5) is 0 Å². The number of likely N-dealkylation sites (tertiary alicyclic amines) is 1. The maximum atomic E-state index is 12.0. The number of carbonyl (C=O) groups is 2. The molecule has 1 unspecified atom stereocenters. The normalized spacial score (nSPS) is 25.7. The van der Waals surface area contributed by atoms with Crippen LogP contribution in [0.15, 0.2) is 0 Å². The minimum atomic E-state index is -2.95. The number of rotatable bonds is 4. The smallest absolute Gasteiger partial charge is 0.320 e. The fourth-order valence-electron chi connectivity index (χ4n) is 2.79. The average molecular weight is 332 g/mol. The number of hydrogen-bond donors (Lipinski definition) is 0. The molecule has 2 heterocycles. The van der Waals surface area contributed by atoms with E-state index in [0.717, 1.165) is 25.9 Å². The van der Waals surface area contributed by atoms with E-state index in [4.69, 9.17) is 4.74 Å². The van der Waals surface area contributed by atoms with E-state index in [1.165, 1.54) is 0 Å². The summed E-state index contributed by atoms with van der Waals surface area (Å²) in [6.45, 7) is 4.06. The highest BCUT2D eigenvalue weighted by Gasteiger charge is 2.25. The Morgan fingerprint density at radius 2 is 1.86 bits per heavy atom. The Morgan fingerprint density at radius 3 is 2.50 bits per heavy atom. The molecule has 126 valence electrons. The van der Waals surface area contributed by atoms with E-state index in [1.54, 1.807) is 9.80 Å². The first-order valence-corrected chi connectivity index (χ1v) is 9.54. The lowest BCUT2D eigenvalue weighted by molar-refractivity contribution is -0.153. The summed E-state index contributed by atoms with van der Waals surface area (Å²) in [5.74, 6) is 0.0120. The number of piperidine rings is 1. The number of ether oxygens (including phenoxy) is 1. The second-order valence-electron chi connectivity index (χ2n) is 6.18. The van der Waals surface area contributed by atoms with Crippen molar-refractivity contribution in [3.63, 3.8) is 0 Å². The molecule has 0 aromatic heterocycles. The van der Waals surface area contributed by atoms with Gasteiger partial charge in [-0.3, -0.25) is 14.5 Å². The van der Waals surface area contributed by atoms with Gasteiger partial charge in [-0.1, -0.05) is 6.92 Å². The van der Waals surface area contributed by atoms with E-state index in [9.17, 15) is 18.0 Å². The summed E-state index contributed by atoms with van der Waals surface area (Å²) in [7, 11) is -2.95. The third-order valence-electron chi connectivity index (χ3n) is 4.16. The third kappa shape index (κ3) is 5.24. The number of nitrogens with zero attached hydrogens (tertiary/aromatic N) is 2. The largest absolute Gasteiger partial charge is 0.455 e. The molecule has 2 rings (SSSR count). The average Bonchev–Trinajstić information content (AvgIpc) is 2.47. The summed E-state index contributed by atoms with van der Waals surface area (Å²) in [4.78, 5) is 27.2. The van der Waals surface area contributed by atoms with Gasteiger partial charge >= 0.3 is 5.97 Å². The molecule has 0 bridgehead atoms. The lowest BCUT2D eigenvalue weighted by Gasteiger charge is -2.31. The summed E-state index contributed by atoms with van der Waals surface area (Å²) in [6, 6.07) is 0. The van der Waals surface area contributed by atoms with Crippen LogP contribution in [0.5, 0.6) is 0 Å². The van der Waals surface area contributed by atoms with Crippen LogP contribution in [-0.2, 0) is 24.2 Å².